The molecule has 0 fully saturated rings. The van der Waals surface area contributed by atoms with Crippen LogP contribution < -0.4 is 0 Å². The summed E-state index contributed by atoms with van der Waals surface area (Å²) < 4.78 is 10.6. The molecule has 0 aliphatic carbocycles. The highest BCUT2D eigenvalue weighted by Crippen LogP contribution is 2.12. The van der Waals surface area contributed by atoms with Gasteiger partial charge in [-0.25, -0.2) is 0 Å². The predicted molar refractivity (Wildman–Crippen MR) is 101 cm³/mol. The zero-order valence-corrected chi connectivity index (χ0v) is 15.7. The van der Waals surface area contributed by atoms with Gasteiger partial charge in [-0.05, 0) is 43.9 Å². The third-order valence-electron chi connectivity index (χ3n) is 3.65. The van der Waals surface area contributed by atoms with Crippen molar-refractivity contribution in [3.8, 4) is 0 Å². The van der Waals surface area contributed by atoms with Crippen molar-refractivity contribution in [1.82, 2.24) is 0 Å². The predicted octanol–water partition coefficient (Wildman–Crippen LogP) is 4.25. The van der Waals surface area contributed by atoms with Gasteiger partial charge in [-0.3, -0.25) is 9.59 Å². The lowest BCUT2D eigenvalue weighted by atomic mass is 10.1. The van der Waals surface area contributed by atoms with E-state index in [-0.39, 0.29) is 25.0 Å². The van der Waals surface area contributed by atoms with Crippen LogP contribution in [0.3, 0.4) is 0 Å². The molecule has 0 saturated carbocycles. The first-order valence-corrected chi connectivity index (χ1v) is 8.81. The molecule has 0 spiro atoms. The molecule has 26 heavy (non-hydrogen) atoms. The second-order valence-electron chi connectivity index (χ2n) is 7.23. The fraction of sp³-hybridized carbons (Fsp3) is 0.364. The van der Waals surface area contributed by atoms with Gasteiger partial charge >= 0.3 is 11.9 Å². The van der Waals surface area contributed by atoms with E-state index in [1.54, 1.807) is 0 Å². The molecule has 0 N–H and O–H groups in total. The largest absolute Gasteiger partial charge is 0.461 e. The highest BCUT2D eigenvalue weighted by Gasteiger charge is 2.15. The molecule has 0 saturated heterocycles. The van der Waals surface area contributed by atoms with Crippen molar-refractivity contribution in [2.45, 2.75) is 52.2 Å². The lowest BCUT2D eigenvalue weighted by Gasteiger charge is -2.19. The Kier molecular flexibility index (Phi) is 6.96. The highest BCUT2D eigenvalue weighted by atomic mass is 16.6. The maximum absolute atomic E-state index is 11.9. The zero-order valence-electron chi connectivity index (χ0n) is 15.7. The van der Waals surface area contributed by atoms with E-state index in [2.05, 4.69) is 0 Å². The summed E-state index contributed by atoms with van der Waals surface area (Å²) in [6, 6.07) is 17.3. The summed E-state index contributed by atoms with van der Waals surface area (Å²) in [7, 11) is 0. The normalized spacial score (nSPS) is 11.0. The number of rotatable bonds is 7. The molecule has 2 rings (SSSR count). The second kappa shape index (κ2) is 9.18. The van der Waals surface area contributed by atoms with Gasteiger partial charge in [0.05, 0.1) is 6.42 Å². The third kappa shape index (κ3) is 7.51. The quantitative estimate of drug-likeness (QED) is 0.698. The van der Waals surface area contributed by atoms with E-state index in [0.717, 1.165) is 16.7 Å². The average molecular weight is 354 g/mol. The van der Waals surface area contributed by atoms with E-state index in [0.29, 0.717) is 12.8 Å². The minimum atomic E-state index is -0.457. The Morgan fingerprint density at radius 1 is 0.808 bits per heavy atom. The number of hydrogen-bond acceptors (Lipinski definition) is 4. The summed E-state index contributed by atoms with van der Waals surface area (Å²) in [4.78, 5) is 23.7. The minimum absolute atomic E-state index is 0.203. The molecular formula is C22H26O4. The summed E-state index contributed by atoms with van der Waals surface area (Å²) in [6.45, 7) is 5.86. The van der Waals surface area contributed by atoms with Crippen LogP contribution in [0, 0.1) is 0 Å². The number of hydrogen-bond donors (Lipinski definition) is 0. The maximum atomic E-state index is 11.9. The summed E-state index contributed by atoms with van der Waals surface area (Å²) in [5, 5.41) is 0. The summed E-state index contributed by atoms with van der Waals surface area (Å²) in [6.07, 6.45) is 1.20. The van der Waals surface area contributed by atoms with Crippen LogP contribution in [0.25, 0.3) is 0 Å². The third-order valence-corrected chi connectivity index (χ3v) is 3.65. The van der Waals surface area contributed by atoms with Crippen molar-refractivity contribution in [3.05, 3.63) is 71.3 Å². The Hall–Kier alpha value is -2.62. The van der Waals surface area contributed by atoms with E-state index in [4.69, 9.17) is 9.47 Å². The zero-order chi connectivity index (χ0) is 19.0. The van der Waals surface area contributed by atoms with E-state index in [1.807, 2.05) is 75.4 Å². The number of benzene rings is 2. The van der Waals surface area contributed by atoms with E-state index < -0.39 is 5.60 Å². The number of esters is 2. The second-order valence-corrected chi connectivity index (χ2v) is 7.23. The monoisotopic (exact) mass is 354 g/mol. The number of ether oxygens (including phenoxy) is 2. The molecule has 0 radical (unpaired) electrons. The minimum Gasteiger partial charge on any atom is -0.461 e. The fourth-order valence-corrected chi connectivity index (χ4v) is 2.42. The van der Waals surface area contributed by atoms with Gasteiger partial charge in [-0.15, -0.1) is 0 Å². The Morgan fingerprint density at radius 2 is 1.42 bits per heavy atom. The highest BCUT2D eigenvalue weighted by molar-refractivity contribution is 5.72. The molecule has 2 aromatic carbocycles. The SMILES string of the molecule is CC(C)(C)OC(=O)CCc1ccc(CC(=O)OCc2ccccc2)cc1. The lowest BCUT2D eigenvalue weighted by molar-refractivity contribution is -0.154. The standard InChI is InChI=1S/C22H26O4/c1-22(2,3)26-20(23)14-13-17-9-11-18(12-10-17)15-21(24)25-16-19-7-5-4-6-8-19/h4-12H,13-16H2,1-3H3. The van der Waals surface area contributed by atoms with Crippen molar-refractivity contribution >= 4 is 11.9 Å². The van der Waals surface area contributed by atoms with Gasteiger partial charge in [-0.2, -0.15) is 0 Å². The first-order chi connectivity index (χ1) is 12.3. The molecule has 0 atom stereocenters. The van der Waals surface area contributed by atoms with Gasteiger partial charge in [-0.1, -0.05) is 54.6 Å². The van der Waals surface area contributed by atoms with Crippen LogP contribution in [-0.2, 0) is 38.5 Å². The van der Waals surface area contributed by atoms with Gasteiger partial charge in [0.2, 0.25) is 0 Å². The van der Waals surface area contributed by atoms with E-state index >= 15 is 0 Å². The van der Waals surface area contributed by atoms with Crippen LogP contribution in [0.5, 0.6) is 0 Å². The van der Waals surface area contributed by atoms with Crippen LogP contribution >= 0.6 is 0 Å². The first-order valence-electron chi connectivity index (χ1n) is 8.81. The molecule has 2 aromatic rings. The first kappa shape index (κ1) is 19.7. The average Bonchev–Trinajstić information content (AvgIpc) is 2.59. The number of aryl methyl sites for hydroxylation is 1. The van der Waals surface area contributed by atoms with Gasteiger partial charge in [0.15, 0.2) is 0 Å². The Morgan fingerprint density at radius 3 is 2.04 bits per heavy atom. The summed E-state index contributed by atoms with van der Waals surface area (Å²) >= 11 is 0. The van der Waals surface area contributed by atoms with Gasteiger partial charge in [0.1, 0.15) is 12.2 Å². The molecule has 0 unspecified atom stereocenters. The number of carbonyl (C=O) groups excluding carboxylic acids is 2. The lowest BCUT2D eigenvalue weighted by Crippen LogP contribution is -2.24. The van der Waals surface area contributed by atoms with Crippen molar-refractivity contribution in [1.29, 1.82) is 0 Å². The van der Waals surface area contributed by atoms with E-state index in [1.165, 1.54) is 0 Å². The summed E-state index contributed by atoms with van der Waals surface area (Å²) in [5.41, 5.74) is 2.45. The summed E-state index contributed by atoms with van der Waals surface area (Å²) in [5.74, 6) is -0.457. The van der Waals surface area contributed by atoms with Crippen LogP contribution in [0.4, 0.5) is 0 Å². The van der Waals surface area contributed by atoms with Gasteiger partial charge in [0.25, 0.3) is 0 Å². The molecular weight excluding hydrogens is 328 g/mol. The molecule has 0 aliphatic heterocycles. The Labute approximate surface area is 155 Å². The number of carbonyl (C=O) groups is 2. The fourth-order valence-electron chi connectivity index (χ4n) is 2.42. The molecule has 4 heteroatoms. The molecule has 0 aromatic heterocycles. The van der Waals surface area contributed by atoms with Gasteiger partial charge in [0, 0.05) is 6.42 Å². The van der Waals surface area contributed by atoms with Crippen molar-refractivity contribution in [3.63, 3.8) is 0 Å². The molecule has 0 bridgehead atoms. The van der Waals surface area contributed by atoms with Crippen LogP contribution in [-0.4, -0.2) is 17.5 Å². The molecule has 138 valence electrons. The van der Waals surface area contributed by atoms with Crippen molar-refractivity contribution < 1.29 is 19.1 Å². The van der Waals surface area contributed by atoms with Crippen molar-refractivity contribution in [2.75, 3.05) is 0 Å². The molecule has 0 amide bonds. The van der Waals surface area contributed by atoms with E-state index in [9.17, 15) is 9.59 Å². The van der Waals surface area contributed by atoms with Crippen molar-refractivity contribution in [2.24, 2.45) is 0 Å². The smallest absolute Gasteiger partial charge is 0.310 e. The maximum Gasteiger partial charge on any atom is 0.310 e. The van der Waals surface area contributed by atoms with Gasteiger partial charge < -0.3 is 9.47 Å². The van der Waals surface area contributed by atoms with Crippen LogP contribution in [0.2, 0.25) is 0 Å². The molecule has 4 nitrogen and oxygen atoms in total. The Bertz CT molecular complexity index is 712. The Balaban J connectivity index is 1.76. The van der Waals surface area contributed by atoms with Crippen LogP contribution in [0.1, 0.15) is 43.9 Å². The topological polar surface area (TPSA) is 52.6 Å². The molecule has 0 heterocycles. The van der Waals surface area contributed by atoms with Crippen LogP contribution in [0.15, 0.2) is 54.6 Å². The molecule has 0 aliphatic rings.